The summed E-state index contributed by atoms with van der Waals surface area (Å²) in [6.07, 6.45) is 7.67. The Morgan fingerprint density at radius 2 is 2.44 bits per heavy atom. The first kappa shape index (κ1) is 11.9. The van der Waals surface area contributed by atoms with Crippen molar-refractivity contribution in [3.63, 3.8) is 0 Å². The van der Waals surface area contributed by atoms with Crippen LogP contribution in [-0.4, -0.2) is 28.4 Å². The lowest BCUT2D eigenvalue weighted by atomic mass is 9.91. The highest BCUT2D eigenvalue weighted by Crippen LogP contribution is 2.37. The highest BCUT2D eigenvalue weighted by molar-refractivity contribution is 7.15. The van der Waals surface area contributed by atoms with Crippen molar-refractivity contribution in [1.82, 2.24) is 20.1 Å². The fourth-order valence-corrected chi connectivity index (χ4v) is 3.77. The summed E-state index contributed by atoms with van der Waals surface area (Å²) in [5.74, 6) is 0.584. The number of hydrogen-bond acceptors (Lipinski definition) is 4. The van der Waals surface area contributed by atoms with Crippen LogP contribution in [0.25, 0.3) is 10.6 Å². The molecule has 0 aromatic carbocycles. The van der Waals surface area contributed by atoms with Crippen LogP contribution in [0.5, 0.6) is 0 Å². The van der Waals surface area contributed by atoms with Crippen molar-refractivity contribution in [2.24, 2.45) is 7.05 Å². The summed E-state index contributed by atoms with van der Waals surface area (Å²) in [4.78, 5) is 6.33. The normalized spacial score (nSPS) is 18.9. The topological polar surface area (TPSA) is 42.7 Å². The van der Waals surface area contributed by atoms with E-state index < -0.39 is 0 Å². The van der Waals surface area contributed by atoms with Crippen molar-refractivity contribution in [3.8, 4) is 10.6 Å². The van der Waals surface area contributed by atoms with Gasteiger partial charge in [0.1, 0.15) is 5.01 Å². The number of thiazole rings is 1. The van der Waals surface area contributed by atoms with Crippen LogP contribution in [0.1, 0.15) is 29.3 Å². The van der Waals surface area contributed by atoms with E-state index >= 15 is 0 Å². The molecule has 18 heavy (non-hydrogen) atoms. The molecule has 2 heterocycles. The zero-order valence-electron chi connectivity index (χ0n) is 10.8. The number of likely N-dealkylation sites (N-methyl/N-ethyl adjacent to an activating group) is 1. The summed E-state index contributed by atoms with van der Waals surface area (Å²) in [6.45, 7) is 1.03. The minimum Gasteiger partial charge on any atom is -0.319 e. The van der Waals surface area contributed by atoms with Crippen LogP contribution in [0.2, 0.25) is 0 Å². The molecule has 1 unspecified atom stereocenters. The number of rotatable bonds is 3. The monoisotopic (exact) mass is 262 g/mol. The Morgan fingerprint density at radius 3 is 3.17 bits per heavy atom. The molecule has 0 saturated heterocycles. The smallest absolute Gasteiger partial charge is 0.127 e. The lowest BCUT2D eigenvalue weighted by Crippen LogP contribution is -2.20. The first-order chi connectivity index (χ1) is 8.78. The van der Waals surface area contributed by atoms with Gasteiger partial charge in [0, 0.05) is 36.1 Å². The highest BCUT2D eigenvalue weighted by atomic mass is 32.1. The number of nitrogens with zero attached hydrogens (tertiary/aromatic N) is 3. The number of fused-ring (bicyclic) bond motifs is 1. The van der Waals surface area contributed by atoms with Gasteiger partial charge in [-0.15, -0.1) is 11.3 Å². The third-order valence-electron chi connectivity index (χ3n) is 3.47. The molecular weight excluding hydrogens is 244 g/mol. The van der Waals surface area contributed by atoms with Gasteiger partial charge in [-0.05, 0) is 26.3 Å². The minimum atomic E-state index is 0.584. The Bertz CT molecular complexity index is 543. The predicted molar refractivity (Wildman–Crippen MR) is 73.9 cm³/mol. The van der Waals surface area contributed by atoms with Gasteiger partial charge in [-0.25, -0.2) is 4.98 Å². The van der Waals surface area contributed by atoms with E-state index in [1.807, 2.05) is 42.5 Å². The summed E-state index contributed by atoms with van der Waals surface area (Å²) in [5.41, 5.74) is 2.46. The average Bonchev–Trinajstić information content (AvgIpc) is 2.95. The van der Waals surface area contributed by atoms with Crippen LogP contribution in [0.3, 0.4) is 0 Å². The van der Waals surface area contributed by atoms with Crippen LogP contribution in [0.4, 0.5) is 0 Å². The molecule has 0 saturated carbocycles. The molecule has 0 radical (unpaired) electrons. The summed E-state index contributed by atoms with van der Waals surface area (Å²) >= 11 is 1.84. The minimum absolute atomic E-state index is 0.584. The maximum atomic E-state index is 4.86. The molecule has 4 nitrogen and oxygen atoms in total. The second-order valence-corrected chi connectivity index (χ2v) is 5.96. The molecule has 2 aromatic heterocycles. The van der Waals surface area contributed by atoms with Crippen molar-refractivity contribution >= 4 is 11.3 Å². The van der Waals surface area contributed by atoms with Crippen molar-refractivity contribution in [3.05, 3.63) is 23.0 Å². The molecule has 1 N–H and O–H groups in total. The Balaban J connectivity index is 1.95. The third-order valence-corrected chi connectivity index (χ3v) is 4.65. The van der Waals surface area contributed by atoms with E-state index in [4.69, 9.17) is 4.98 Å². The molecule has 96 valence electrons. The first-order valence-corrected chi connectivity index (χ1v) is 7.23. The zero-order valence-corrected chi connectivity index (χ0v) is 11.6. The van der Waals surface area contributed by atoms with E-state index in [9.17, 15) is 0 Å². The molecule has 0 aliphatic heterocycles. The Kier molecular flexibility index (Phi) is 3.18. The van der Waals surface area contributed by atoms with E-state index in [0.29, 0.717) is 5.92 Å². The van der Waals surface area contributed by atoms with E-state index in [1.165, 1.54) is 29.8 Å². The molecule has 3 rings (SSSR count). The second kappa shape index (κ2) is 4.82. The van der Waals surface area contributed by atoms with Crippen molar-refractivity contribution in [2.75, 3.05) is 13.6 Å². The predicted octanol–water partition coefficient (Wildman–Crippen LogP) is 2.18. The fourth-order valence-electron chi connectivity index (χ4n) is 2.61. The molecule has 0 spiro atoms. The average molecular weight is 262 g/mol. The summed E-state index contributed by atoms with van der Waals surface area (Å²) in [5, 5.41) is 8.63. The van der Waals surface area contributed by atoms with Crippen LogP contribution >= 0.6 is 11.3 Å². The molecule has 0 bridgehead atoms. The van der Waals surface area contributed by atoms with Gasteiger partial charge in [0.25, 0.3) is 0 Å². The molecule has 0 fully saturated rings. The quantitative estimate of drug-likeness (QED) is 0.922. The summed E-state index contributed by atoms with van der Waals surface area (Å²) in [6, 6.07) is 0. The fraction of sp³-hybridized carbons (Fsp3) is 0.538. The van der Waals surface area contributed by atoms with E-state index in [1.54, 1.807) is 0 Å². The standard InChI is InChI=1S/C13H18N4S/c1-14-6-9-4-3-5-11-12(9)16-13(18-11)10-7-15-17(2)8-10/h7-9,14H,3-6H2,1-2H3. The van der Waals surface area contributed by atoms with Gasteiger partial charge in [-0.3, -0.25) is 4.68 Å². The largest absolute Gasteiger partial charge is 0.319 e. The van der Waals surface area contributed by atoms with Crippen molar-refractivity contribution in [2.45, 2.75) is 25.2 Å². The van der Waals surface area contributed by atoms with Gasteiger partial charge in [0.05, 0.1) is 11.9 Å². The van der Waals surface area contributed by atoms with Gasteiger partial charge in [0.2, 0.25) is 0 Å². The SMILES string of the molecule is CNCC1CCCc2sc(-c3cnn(C)c3)nc21. The van der Waals surface area contributed by atoms with Gasteiger partial charge < -0.3 is 5.32 Å². The van der Waals surface area contributed by atoms with Gasteiger partial charge >= 0.3 is 0 Å². The number of hydrogen-bond donors (Lipinski definition) is 1. The Hall–Kier alpha value is -1.20. The van der Waals surface area contributed by atoms with Gasteiger partial charge in [-0.2, -0.15) is 5.10 Å². The third kappa shape index (κ3) is 2.08. The van der Waals surface area contributed by atoms with Crippen LogP contribution in [-0.2, 0) is 13.5 Å². The molecule has 2 aromatic rings. The number of aryl methyl sites for hydroxylation is 2. The lowest BCUT2D eigenvalue weighted by Gasteiger charge is -2.20. The van der Waals surface area contributed by atoms with E-state index in [-0.39, 0.29) is 0 Å². The van der Waals surface area contributed by atoms with Crippen LogP contribution in [0, 0.1) is 0 Å². The highest BCUT2D eigenvalue weighted by Gasteiger charge is 2.24. The molecule has 5 heteroatoms. The summed E-state index contributed by atoms with van der Waals surface area (Å²) in [7, 11) is 3.96. The molecule has 0 amide bonds. The van der Waals surface area contributed by atoms with E-state index in [0.717, 1.165) is 17.1 Å². The Labute approximate surface area is 111 Å². The zero-order chi connectivity index (χ0) is 12.5. The van der Waals surface area contributed by atoms with E-state index in [2.05, 4.69) is 10.4 Å². The van der Waals surface area contributed by atoms with Crippen molar-refractivity contribution < 1.29 is 0 Å². The lowest BCUT2D eigenvalue weighted by molar-refractivity contribution is 0.523. The number of nitrogens with one attached hydrogen (secondary N) is 1. The first-order valence-electron chi connectivity index (χ1n) is 6.41. The van der Waals surface area contributed by atoms with Gasteiger partial charge in [0.15, 0.2) is 0 Å². The maximum absolute atomic E-state index is 4.86. The van der Waals surface area contributed by atoms with Crippen LogP contribution < -0.4 is 5.32 Å². The second-order valence-electron chi connectivity index (χ2n) is 4.88. The molecule has 1 atom stereocenters. The number of aromatic nitrogens is 3. The summed E-state index contributed by atoms with van der Waals surface area (Å²) < 4.78 is 1.83. The van der Waals surface area contributed by atoms with Crippen molar-refractivity contribution in [1.29, 1.82) is 0 Å². The molecule has 1 aliphatic carbocycles. The Morgan fingerprint density at radius 1 is 1.56 bits per heavy atom. The van der Waals surface area contributed by atoms with Gasteiger partial charge in [-0.1, -0.05) is 0 Å². The van der Waals surface area contributed by atoms with Crippen LogP contribution in [0.15, 0.2) is 12.4 Å². The molecule has 1 aliphatic rings. The maximum Gasteiger partial charge on any atom is 0.127 e. The molecular formula is C13H18N4S.